The van der Waals surface area contributed by atoms with Crippen molar-refractivity contribution < 1.29 is 14.3 Å². The van der Waals surface area contributed by atoms with E-state index in [-0.39, 0.29) is 12.1 Å². The van der Waals surface area contributed by atoms with Crippen molar-refractivity contribution in [3.8, 4) is 5.75 Å². The van der Waals surface area contributed by atoms with E-state index in [0.29, 0.717) is 5.56 Å². The van der Waals surface area contributed by atoms with Crippen molar-refractivity contribution in [1.29, 1.82) is 0 Å². The van der Waals surface area contributed by atoms with Crippen LogP contribution in [0.1, 0.15) is 59.7 Å². The summed E-state index contributed by atoms with van der Waals surface area (Å²) in [6.07, 6.45) is 7.04. The largest absolute Gasteiger partial charge is 0.497 e. The number of methoxy groups -OCH3 is 1. The van der Waals surface area contributed by atoms with E-state index in [4.69, 9.17) is 9.47 Å². The lowest BCUT2D eigenvalue weighted by Crippen LogP contribution is -2.00. The highest BCUT2D eigenvalue weighted by Gasteiger charge is 2.30. The van der Waals surface area contributed by atoms with Crippen LogP contribution in [0.2, 0.25) is 0 Å². The number of esters is 1. The maximum Gasteiger partial charge on any atom is 0.339 e. The molecule has 1 unspecified atom stereocenters. The van der Waals surface area contributed by atoms with Crippen molar-refractivity contribution >= 4 is 17.7 Å². The average Bonchev–Trinajstić information content (AvgIpc) is 3.02. The topological polar surface area (TPSA) is 35.5 Å². The lowest BCUT2D eigenvalue weighted by Gasteiger charge is -2.11. The minimum atomic E-state index is -0.207. The van der Waals surface area contributed by atoms with E-state index >= 15 is 0 Å². The number of rotatable bonds is 11. The van der Waals surface area contributed by atoms with Crippen molar-refractivity contribution in [3.63, 3.8) is 0 Å². The Hall–Kier alpha value is -1.94. The van der Waals surface area contributed by atoms with Crippen molar-refractivity contribution in [2.75, 3.05) is 18.6 Å². The van der Waals surface area contributed by atoms with Crippen LogP contribution in [0.5, 0.6) is 5.75 Å². The van der Waals surface area contributed by atoms with Crippen LogP contribution in [0.25, 0.3) is 0 Å². The third-order valence-electron chi connectivity index (χ3n) is 4.95. The summed E-state index contributed by atoms with van der Waals surface area (Å²) < 4.78 is 10.8. The number of cyclic esters (lactones) is 1. The van der Waals surface area contributed by atoms with Crippen molar-refractivity contribution in [3.05, 3.63) is 65.2 Å². The zero-order valence-electron chi connectivity index (χ0n) is 16.0. The smallest absolute Gasteiger partial charge is 0.339 e. The van der Waals surface area contributed by atoms with E-state index in [1.807, 2.05) is 23.9 Å². The summed E-state index contributed by atoms with van der Waals surface area (Å²) in [6, 6.07) is 16.3. The van der Waals surface area contributed by atoms with Crippen LogP contribution in [-0.4, -0.2) is 24.6 Å². The zero-order valence-corrected chi connectivity index (χ0v) is 16.8. The van der Waals surface area contributed by atoms with Gasteiger partial charge < -0.3 is 9.47 Å². The van der Waals surface area contributed by atoms with Gasteiger partial charge in [-0.2, -0.15) is 11.8 Å². The normalized spacial score (nSPS) is 15.4. The first-order chi connectivity index (χ1) is 13.3. The SMILES string of the molecule is COc1ccc2c(c1)C(CCSCCCCCCc1ccccc1)OC2=O. The zero-order chi connectivity index (χ0) is 18.9. The Labute approximate surface area is 166 Å². The van der Waals surface area contributed by atoms with E-state index in [1.165, 1.54) is 43.4 Å². The van der Waals surface area contributed by atoms with Gasteiger partial charge in [-0.3, -0.25) is 0 Å². The predicted octanol–water partition coefficient (Wildman–Crippen LogP) is 5.83. The number of thioether (sulfide) groups is 1. The summed E-state index contributed by atoms with van der Waals surface area (Å²) in [5.41, 5.74) is 3.10. The maximum absolute atomic E-state index is 11.9. The van der Waals surface area contributed by atoms with Gasteiger partial charge in [0.1, 0.15) is 11.9 Å². The molecule has 0 aromatic heterocycles. The number of aryl methyl sites for hydroxylation is 1. The number of benzene rings is 2. The molecule has 0 amide bonds. The van der Waals surface area contributed by atoms with E-state index in [1.54, 1.807) is 13.2 Å². The van der Waals surface area contributed by atoms with Gasteiger partial charge in [-0.05, 0) is 61.0 Å². The second kappa shape index (κ2) is 10.4. The Morgan fingerprint density at radius 1 is 1.00 bits per heavy atom. The van der Waals surface area contributed by atoms with Gasteiger partial charge >= 0.3 is 5.97 Å². The molecule has 144 valence electrons. The lowest BCUT2D eigenvalue weighted by molar-refractivity contribution is 0.0381. The summed E-state index contributed by atoms with van der Waals surface area (Å²) in [4.78, 5) is 11.9. The molecule has 1 atom stereocenters. The number of hydrogen-bond donors (Lipinski definition) is 0. The van der Waals surface area contributed by atoms with Crippen LogP contribution < -0.4 is 4.74 Å². The first-order valence-electron chi connectivity index (χ1n) is 9.78. The van der Waals surface area contributed by atoms with E-state index in [9.17, 15) is 4.79 Å². The Kier molecular flexibility index (Phi) is 7.64. The maximum atomic E-state index is 11.9. The number of hydrogen-bond acceptors (Lipinski definition) is 4. The van der Waals surface area contributed by atoms with Crippen LogP contribution in [0.3, 0.4) is 0 Å². The van der Waals surface area contributed by atoms with Crippen LogP contribution in [0, 0.1) is 0 Å². The number of unbranched alkanes of at least 4 members (excludes halogenated alkanes) is 3. The van der Waals surface area contributed by atoms with Gasteiger partial charge in [0.15, 0.2) is 0 Å². The Morgan fingerprint density at radius 2 is 1.81 bits per heavy atom. The Morgan fingerprint density at radius 3 is 2.63 bits per heavy atom. The fourth-order valence-corrected chi connectivity index (χ4v) is 4.41. The predicted molar refractivity (Wildman–Crippen MR) is 112 cm³/mol. The molecule has 1 aliphatic heterocycles. The molecular weight excluding hydrogens is 356 g/mol. The number of carbonyl (C=O) groups is 1. The highest BCUT2D eigenvalue weighted by molar-refractivity contribution is 7.99. The van der Waals surface area contributed by atoms with Gasteiger partial charge in [0, 0.05) is 5.56 Å². The Balaban J connectivity index is 1.27. The monoisotopic (exact) mass is 384 g/mol. The fraction of sp³-hybridized carbons (Fsp3) is 0.435. The summed E-state index contributed by atoms with van der Waals surface area (Å²) in [6.45, 7) is 0. The van der Waals surface area contributed by atoms with Gasteiger partial charge in [-0.1, -0.05) is 43.2 Å². The molecule has 0 N–H and O–H groups in total. The minimum Gasteiger partial charge on any atom is -0.497 e. The highest BCUT2D eigenvalue weighted by Crippen LogP contribution is 2.36. The summed E-state index contributed by atoms with van der Waals surface area (Å²) in [7, 11) is 1.64. The molecular formula is C23H28O3S. The van der Waals surface area contributed by atoms with E-state index < -0.39 is 0 Å². The molecule has 3 nitrogen and oxygen atoms in total. The molecule has 2 aromatic rings. The molecule has 0 bridgehead atoms. The van der Waals surface area contributed by atoms with Crippen LogP contribution in [0.15, 0.2) is 48.5 Å². The molecule has 3 rings (SSSR count). The third-order valence-corrected chi connectivity index (χ3v) is 6.05. The second-order valence-corrected chi connectivity index (χ2v) is 8.12. The molecule has 0 radical (unpaired) electrons. The Bertz CT molecular complexity index is 730. The third kappa shape index (κ3) is 5.77. The second-order valence-electron chi connectivity index (χ2n) is 6.90. The molecule has 0 spiro atoms. The van der Waals surface area contributed by atoms with E-state index in [2.05, 4.69) is 30.3 Å². The molecule has 0 fully saturated rings. The molecule has 1 heterocycles. The summed E-state index contributed by atoms with van der Waals surface area (Å²) in [5, 5.41) is 0. The molecule has 0 saturated heterocycles. The van der Waals surface area contributed by atoms with Gasteiger partial charge in [0.05, 0.1) is 12.7 Å². The van der Waals surface area contributed by atoms with Gasteiger partial charge in [0.2, 0.25) is 0 Å². The number of carbonyl (C=O) groups excluding carboxylic acids is 1. The molecule has 1 aliphatic rings. The molecule has 27 heavy (non-hydrogen) atoms. The molecule has 4 heteroatoms. The molecule has 0 aliphatic carbocycles. The van der Waals surface area contributed by atoms with Gasteiger partial charge in [-0.15, -0.1) is 0 Å². The van der Waals surface area contributed by atoms with Crippen LogP contribution >= 0.6 is 11.8 Å². The fourth-order valence-electron chi connectivity index (χ4n) is 3.41. The lowest BCUT2D eigenvalue weighted by atomic mass is 10.0. The minimum absolute atomic E-state index is 0.124. The highest BCUT2D eigenvalue weighted by atomic mass is 32.2. The van der Waals surface area contributed by atoms with Crippen molar-refractivity contribution in [2.45, 2.75) is 44.6 Å². The van der Waals surface area contributed by atoms with Gasteiger partial charge in [-0.25, -0.2) is 4.79 Å². The van der Waals surface area contributed by atoms with Gasteiger partial charge in [0.25, 0.3) is 0 Å². The quantitative estimate of drug-likeness (QED) is 0.360. The molecule has 0 saturated carbocycles. The van der Waals surface area contributed by atoms with Crippen molar-refractivity contribution in [1.82, 2.24) is 0 Å². The molecule has 2 aromatic carbocycles. The van der Waals surface area contributed by atoms with Crippen molar-refractivity contribution in [2.24, 2.45) is 0 Å². The average molecular weight is 385 g/mol. The first-order valence-corrected chi connectivity index (χ1v) is 10.9. The van der Waals surface area contributed by atoms with Crippen LogP contribution in [-0.2, 0) is 11.2 Å². The first kappa shape index (κ1) is 19.8. The summed E-state index contributed by atoms with van der Waals surface area (Å²) in [5.74, 6) is 2.76. The van der Waals surface area contributed by atoms with Crippen LogP contribution in [0.4, 0.5) is 0 Å². The number of fused-ring (bicyclic) bond motifs is 1. The standard InChI is InChI=1S/C23H28O3S/c1-25-19-12-13-20-21(17-19)22(26-23(20)24)14-16-27-15-8-3-2-5-9-18-10-6-4-7-11-18/h4,6-7,10-13,17,22H,2-3,5,8-9,14-16H2,1H3. The summed E-state index contributed by atoms with van der Waals surface area (Å²) >= 11 is 1.96. The number of ether oxygens (including phenoxy) is 2. The van der Waals surface area contributed by atoms with E-state index in [0.717, 1.165) is 23.5 Å².